The number of nitrogens with one attached hydrogen (secondary N) is 1. The van der Waals surface area contributed by atoms with E-state index in [9.17, 15) is 4.79 Å². The number of amides is 1. The van der Waals surface area contributed by atoms with Crippen molar-refractivity contribution < 1.29 is 4.79 Å². The maximum Gasteiger partial charge on any atom is 0.267 e. The van der Waals surface area contributed by atoms with Crippen LogP contribution in [-0.4, -0.2) is 17.9 Å². The van der Waals surface area contributed by atoms with E-state index >= 15 is 0 Å². The molecule has 4 heteroatoms. The summed E-state index contributed by atoms with van der Waals surface area (Å²) >= 11 is 0. The zero-order chi connectivity index (χ0) is 9.14. The summed E-state index contributed by atoms with van der Waals surface area (Å²) in [4.78, 5) is 14.7. The molecule has 12 heavy (non-hydrogen) atoms. The highest BCUT2D eigenvalue weighted by Gasteiger charge is 2.03. The molecule has 0 aliphatic heterocycles. The van der Waals surface area contributed by atoms with Gasteiger partial charge in [0.25, 0.3) is 5.91 Å². The normalized spacial score (nSPS) is 9.50. The topological polar surface area (TPSA) is 68.0 Å². The number of nitrogens with zero attached hydrogens (tertiary/aromatic N) is 1. The fraction of sp³-hybridized carbons (Fsp3) is 0.250. The summed E-state index contributed by atoms with van der Waals surface area (Å²) in [6.07, 6.45) is 0. The maximum atomic E-state index is 10.8. The van der Waals surface area contributed by atoms with E-state index in [2.05, 4.69) is 10.3 Å². The van der Waals surface area contributed by atoms with Crippen LogP contribution in [0.3, 0.4) is 0 Å². The van der Waals surface area contributed by atoms with Gasteiger partial charge in [0, 0.05) is 18.4 Å². The van der Waals surface area contributed by atoms with Gasteiger partial charge in [0.15, 0.2) is 0 Å². The van der Waals surface area contributed by atoms with E-state index in [1.54, 1.807) is 13.1 Å². The third-order valence-electron chi connectivity index (χ3n) is 1.49. The van der Waals surface area contributed by atoms with Crippen molar-refractivity contribution in [1.82, 2.24) is 4.98 Å². The fourth-order valence-electron chi connectivity index (χ4n) is 0.939. The van der Waals surface area contributed by atoms with Crippen molar-refractivity contribution in [3.8, 4) is 0 Å². The van der Waals surface area contributed by atoms with E-state index < -0.39 is 5.91 Å². The van der Waals surface area contributed by atoms with Crippen molar-refractivity contribution in [3.05, 3.63) is 23.5 Å². The summed E-state index contributed by atoms with van der Waals surface area (Å²) in [5.74, 6) is -0.504. The van der Waals surface area contributed by atoms with Crippen molar-refractivity contribution in [1.29, 1.82) is 0 Å². The molecule has 0 fully saturated rings. The molecule has 1 rings (SSSR count). The molecule has 1 amide bonds. The summed E-state index contributed by atoms with van der Waals surface area (Å²) in [6, 6.07) is 3.46. The molecule has 0 bridgehead atoms. The van der Waals surface area contributed by atoms with Crippen molar-refractivity contribution in [2.45, 2.75) is 6.92 Å². The highest BCUT2D eigenvalue weighted by atomic mass is 16.1. The first kappa shape index (κ1) is 8.52. The largest absolute Gasteiger partial charge is 0.388 e. The lowest BCUT2D eigenvalue weighted by Gasteiger charge is -2.02. The Morgan fingerprint density at radius 2 is 2.25 bits per heavy atom. The summed E-state index contributed by atoms with van der Waals surface area (Å²) in [5.41, 5.74) is 6.99. The average molecular weight is 165 g/mol. The summed E-state index contributed by atoms with van der Waals surface area (Å²) in [5, 5.41) is 2.92. The Hall–Kier alpha value is -1.58. The number of carbonyl (C=O) groups is 1. The average Bonchev–Trinajstić information content (AvgIpc) is 2.03. The maximum absolute atomic E-state index is 10.8. The SMILES string of the molecule is CNc1cc(C)nc(C(N)=O)c1. The van der Waals surface area contributed by atoms with Gasteiger partial charge in [-0.25, -0.2) is 4.98 Å². The van der Waals surface area contributed by atoms with Crippen LogP contribution in [0.25, 0.3) is 0 Å². The first-order chi connectivity index (χ1) is 5.63. The lowest BCUT2D eigenvalue weighted by molar-refractivity contribution is 0.0995. The summed E-state index contributed by atoms with van der Waals surface area (Å²) < 4.78 is 0. The van der Waals surface area contributed by atoms with Crippen LogP contribution in [0, 0.1) is 6.92 Å². The number of pyridine rings is 1. The van der Waals surface area contributed by atoms with Crippen LogP contribution in [0.1, 0.15) is 16.2 Å². The Balaban J connectivity index is 3.15. The van der Waals surface area contributed by atoms with Gasteiger partial charge < -0.3 is 11.1 Å². The molecule has 0 radical (unpaired) electrons. The third kappa shape index (κ3) is 1.72. The molecule has 0 aliphatic carbocycles. The summed E-state index contributed by atoms with van der Waals surface area (Å²) in [6.45, 7) is 1.81. The quantitative estimate of drug-likeness (QED) is 0.671. The van der Waals surface area contributed by atoms with Gasteiger partial charge in [-0.3, -0.25) is 4.79 Å². The van der Waals surface area contributed by atoms with Gasteiger partial charge in [-0.1, -0.05) is 0 Å². The van der Waals surface area contributed by atoms with Crippen LogP contribution in [0.4, 0.5) is 5.69 Å². The zero-order valence-electron chi connectivity index (χ0n) is 7.09. The Kier molecular flexibility index (Phi) is 2.28. The lowest BCUT2D eigenvalue weighted by atomic mass is 10.2. The molecule has 4 nitrogen and oxygen atoms in total. The Bertz CT molecular complexity index is 309. The molecule has 0 spiro atoms. The van der Waals surface area contributed by atoms with Gasteiger partial charge in [0.05, 0.1) is 0 Å². The van der Waals surface area contributed by atoms with Gasteiger partial charge in [-0.2, -0.15) is 0 Å². The number of rotatable bonds is 2. The van der Waals surface area contributed by atoms with Crippen LogP contribution in [0.2, 0.25) is 0 Å². The second kappa shape index (κ2) is 3.21. The standard InChI is InChI=1S/C8H11N3O/c1-5-3-6(10-2)4-7(11-5)8(9)12/h3-4H,1-2H3,(H2,9,12)(H,10,11). The molecule has 0 aromatic carbocycles. The first-order valence-electron chi connectivity index (χ1n) is 3.59. The van der Waals surface area contributed by atoms with E-state index in [1.807, 2.05) is 13.0 Å². The number of aryl methyl sites for hydroxylation is 1. The van der Waals surface area contributed by atoms with Crippen LogP contribution in [0.5, 0.6) is 0 Å². The number of carbonyl (C=O) groups excluding carboxylic acids is 1. The number of aromatic nitrogens is 1. The van der Waals surface area contributed by atoms with Crippen molar-refractivity contribution in [3.63, 3.8) is 0 Å². The number of nitrogens with two attached hydrogens (primary N) is 1. The fourth-order valence-corrected chi connectivity index (χ4v) is 0.939. The van der Waals surface area contributed by atoms with Gasteiger partial charge in [-0.15, -0.1) is 0 Å². The number of anilines is 1. The van der Waals surface area contributed by atoms with Gasteiger partial charge in [0.2, 0.25) is 0 Å². The monoisotopic (exact) mass is 165 g/mol. The molecular weight excluding hydrogens is 154 g/mol. The minimum absolute atomic E-state index is 0.291. The second-order valence-corrected chi connectivity index (χ2v) is 2.50. The van der Waals surface area contributed by atoms with E-state index in [0.29, 0.717) is 5.69 Å². The molecule has 1 aromatic rings. The Morgan fingerprint density at radius 3 is 2.75 bits per heavy atom. The molecule has 1 heterocycles. The number of hydrogen-bond donors (Lipinski definition) is 2. The highest BCUT2D eigenvalue weighted by molar-refractivity contribution is 5.91. The Morgan fingerprint density at radius 1 is 1.58 bits per heavy atom. The van der Waals surface area contributed by atoms with E-state index in [0.717, 1.165) is 11.4 Å². The van der Waals surface area contributed by atoms with E-state index in [4.69, 9.17) is 5.73 Å². The molecule has 0 saturated heterocycles. The van der Waals surface area contributed by atoms with E-state index in [-0.39, 0.29) is 0 Å². The lowest BCUT2D eigenvalue weighted by Crippen LogP contribution is -2.13. The number of primary amides is 1. The molecular formula is C8H11N3O. The first-order valence-corrected chi connectivity index (χ1v) is 3.59. The van der Waals surface area contributed by atoms with Crippen molar-refractivity contribution in [2.24, 2.45) is 5.73 Å². The minimum atomic E-state index is -0.504. The Labute approximate surface area is 70.8 Å². The molecule has 0 unspecified atom stereocenters. The van der Waals surface area contributed by atoms with Crippen LogP contribution < -0.4 is 11.1 Å². The van der Waals surface area contributed by atoms with Gasteiger partial charge in [0.1, 0.15) is 5.69 Å². The molecule has 0 atom stereocenters. The molecule has 1 aromatic heterocycles. The van der Waals surface area contributed by atoms with Crippen LogP contribution in [0.15, 0.2) is 12.1 Å². The zero-order valence-corrected chi connectivity index (χ0v) is 7.09. The predicted molar refractivity (Wildman–Crippen MR) is 47.0 cm³/mol. The van der Waals surface area contributed by atoms with Crippen LogP contribution >= 0.6 is 0 Å². The van der Waals surface area contributed by atoms with Crippen molar-refractivity contribution >= 4 is 11.6 Å². The smallest absolute Gasteiger partial charge is 0.267 e. The molecule has 0 saturated carbocycles. The minimum Gasteiger partial charge on any atom is -0.388 e. The summed E-state index contributed by atoms with van der Waals surface area (Å²) in [7, 11) is 1.78. The van der Waals surface area contributed by atoms with Gasteiger partial charge in [-0.05, 0) is 19.1 Å². The molecule has 64 valence electrons. The molecule has 3 N–H and O–H groups in total. The predicted octanol–water partition coefficient (Wildman–Crippen LogP) is 0.531. The molecule has 0 aliphatic rings. The van der Waals surface area contributed by atoms with Gasteiger partial charge >= 0.3 is 0 Å². The highest BCUT2D eigenvalue weighted by Crippen LogP contribution is 2.09. The van der Waals surface area contributed by atoms with Crippen molar-refractivity contribution in [2.75, 3.05) is 12.4 Å². The third-order valence-corrected chi connectivity index (χ3v) is 1.49. The second-order valence-electron chi connectivity index (χ2n) is 2.50. The van der Waals surface area contributed by atoms with E-state index in [1.165, 1.54) is 0 Å². The number of hydrogen-bond acceptors (Lipinski definition) is 3. The van der Waals surface area contributed by atoms with Crippen LogP contribution in [-0.2, 0) is 0 Å².